The van der Waals surface area contributed by atoms with Gasteiger partial charge in [-0.1, -0.05) is 200 Å². The van der Waals surface area contributed by atoms with E-state index in [2.05, 4.69) is 36.0 Å². The Labute approximate surface area is 283 Å². The highest BCUT2D eigenvalue weighted by molar-refractivity contribution is 5.79. The molecular weight excluding hydrogens is 550 g/mol. The van der Waals surface area contributed by atoms with E-state index < -0.39 is 0 Å². The molecule has 1 unspecified atom stereocenters. The number of nitrogens with one attached hydrogen (secondary N) is 2. The van der Waals surface area contributed by atoms with Gasteiger partial charge in [0.05, 0.1) is 0 Å². The Kier molecular flexibility index (Phi) is 30.6. The van der Waals surface area contributed by atoms with Crippen molar-refractivity contribution in [2.45, 2.75) is 239 Å². The Morgan fingerprint density at radius 2 is 0.889 bits per heavy atom. The van der Waals surface area contributed by atoms with Crippen LogP contribution < -0.4 is 10.6 Å². The SMILES string of the molecule is CCCCCCCCCCCCCCCCCCC1=[N+](C(C)NC(=O)CCCCCCCCCCCCCCCCC)CCN1. The number of carbonyl (C=O) groups excluding carboxylic acids is 1. The number of hydrogen-bond donors (Lipinski definition) is 2. The largest absolute Gasteiger partial charge is 0.318 e. The number of amidine groups is 1. The second kappa shape index (κ2) is 32.9. The molecule has 1 rings (SSSR count). The molecule has 1 aliphatic rings. The van der Waals surface area contributed by atoms with Crippen LogP contribution in [-0.2, 0) is 4.79 Å². The van der Waals surface area contributed by atoms with Gasteiger partial charge >= 0.3 is 0 Å². The zero-order valence-corrected chi connectivity index (χ0v) is 31.2. The molecule has 1 atom stereocenters. The Morgan fingerprint density at radius 3 is 1.27 bits per heavy atom. The Hall–Kier alpha value is -1.06. The van der Waals surface area contributed by atoms with E-state index in [9.17, 15) is 4.79 Å². The van der Waals surface area contributed by atoms with Crippen molar-refractivity contribution < 1.29 is 9.37 Å². The molecule has 0 aromatic carbocycles. The normalized spacial score (nSPS) is 13.8. The summed E-state index contributed by atoms with van der Waals surface area (Å²) in [6.07, 6.45) is 44.9. The molecule has 4 heteroatoms. The Balaban J connectivity index is 1.94. The van der Waals surface area contributed by atoms with Crippen LogP contribution in [-0.4, -0.2) is 35.6 Å². The Morgan fingerprint density at radius 1 is 0.556 bits per heavy atom. The van der Waals surface area contributed by atoms with E-state index in [4.69, 9.17) is 0 Å². The minimum atomic E-state index is 0.0971. The van der Waals surface area contributed by atoms with Gasteiger partial charge in [-0.05, 0) is 19.8 Å². The predicted octanol–water partition coefficient (Wildman–Crippen LogP) is 12.4. The molecule has 266 valence electrons. The second-order valence-corrected chi connectivity index (χ2v) is 14.6. The van der Waals surface area contributed by atoms with Gasteiger partial charge in [-0.25, -0.2) is 4.58 Å². The molecule has 0 saturated carbocycles. The minimum absolute atomic E-state index is 0.0971. The molecule has 4 nitrogen and oxygen atoms in total. The van der Waals surface area contributed by atoms with Crippen LogP contribution in [0, 0.1) is 0 Å². The summed E-state index contributed by atoms with van der Waals surface area (Å²) in [4.78, 5) is 12.6. The summed E-state index contributed by atoms with van der Waals surface area (Å²) in [5.74, 6) is 1.57. The highest BCUT2D eigenvalue weighted by atomic mass is 16.1. The molecular formula is C41H82N3O+. The maximum Gasteiger partial charge on any atom is 0.246 e. The monoisotopic (exact) mass is 633 g/mol. The van der Waals surface area contributed by atoms with Crippen LogP contribution >= 0.6 is 0 Å². The summed E-state index contributed by atoms with van der Waals surface area (Å²) in [5, 5.41) is 6.89. The molecule has 0 bridgehead atoms. The number of hydrogen-bond acceptors (Lipinski definition) is 2. The predicted molar refractivity (Wildman–Crippen MR) is 199 cm³/mol. The average Bonchev–Trinajstić information content (AvgIpc) is 3.51. The van der Waals surface area contributed by atoms with Gasteiger partial charge in [0.15, 0.2) is 6.17 Å². The molecule has 0 aliphatic carbocycles. The van der Waals surface area contributed by atoms with Gasteiger partial charge in [0.1, 0.15) is 13.1 Å². The topological polar surface area (TPSA) is 44.1 Å². The van der Waals surface area contributed by atoms with Crippen LogP contribution in [0.5, 0.6) is 0 Å². The lowest BCUT2D eigenvalue weighted by atomic mass is 10.0. The molecule has 0 saturated heterocycles. The lowest BCUT2D eigenvalue weighted by Gasteiger charge is -2.15. The van der Waals surface area contributed by atoms with Crippen LogP contribution in [0.2, 0.25) is 0 Å². The van der Waals surface area contributed by atoms with E-state index in [1.165, 1.54) is 198 Å². The van der Waals surface area contributed by atoms with E-state index in [0.29, 0.717) is 6.42 Å². The van der Waals surface area contributed by atoms with Crippen molar-refractivity contribution in [3.63, 3.8) is 0 Å². The van der Waals surface area contributed by atoms with Crippen molar-refractivity contribution >= 4 is 11.7 Å². The van der Waals surface area contributed by atoms with Gasteiger partial charge < -0.3 is 5.32 Å². The van der Waals surface area contributed by atoms with Gasteiger partial charge in [0, 0.05) is 12.8 Å². The molecule has 0 radical (unpaired) electrons. The van der Waals surface area contributed by atoms with Gasteiger partial charge in [0.2, 0.25) is 11.7 Å². The quantitative estimate of drug-likeness (QED) is 0.0539. The van der Waals surface area contributed by atoms with Crippen LogP contribution in [0.1, 0.15) is 233 Å². The number of nitrogens with zero attached hydrogens (tertiary/aromatic N) is 1. The standard InChI is InChI=1S/C41H81N3O/c1-4-6-8-10-12-14-16-18-20-22-23-25-27-29-31-33-35-40-42-37-38-44(40)39(3)43-41(45)36-34-32-30-28-26-24-21-19-17-15-13-11-9-7-5-2/h39H,4-38H2,1-3H3,(H,43,45)/p+1. The lowest BCUT2D eigenvalue weighted by Crippen LogP contribution is -2.42. The first kappa shape index (κ1) is 42.0. The molecule has 0 fully saturated rings. The molecule has 1 heterocycles. The van der Waals surface area contributed by atoms with Gasteiger partial charge in [-0.3, -0.25) is 10.1 Å². The second-order valence-electron chi connectivity index (χ2n) is 14.6. The van der Waals surface area contributed by atoms with Crippen molar-refractivity contribution in [3.8, 4) is 0 Å². The highest BCUT2D eigenvalue weighted by Crippen LogP contribution is 2.16. The fourth-order valence-corrected chi connectivity index (χ4v) is 7.10. The highest BCUT2D eigenvalue weighted by Gasteiger charge is 2.25. The van der Waals surface area contributed by atoms with E-state index in [-0.39, 0.29) is 12.1 Å². The first-order valence-electron chi connectivity index (χ1n) is 20.8. The van der Waals surface area contributed by atoms with Crippen molar-refractivity contribution in [1.29, 1.82) is 0 Å². The third kappa shape index (κ3) is 26.7. The summed E-state index contributed by atoms with van der Waals surface area (Å²) in [6.45, 7) is 8.76. The summed E-state index contributed by atoms with van der Waals surface area (Å²) in [6, 6.07) is 0. The minimum Gasteiger partial charge on any atom is -0.318 e. The molecule has 2 N–H and O–H groups in total. The maximum atomic E-state index is 12.6. The Bertz CT molecular complexity index is 676. The molecule has 0 aromatic rings. The van der Waals surface area contributed by atoms with E-state index in [0.717, 1.165) is 25.9 Å². The summed E-state index contributed by atoms with van der Waals surface area (Å²) >= 11 is 0. The van der Waals surface area contributed by atoms with Crippen molar-refractivity contribution in [1.82, 2.24) is 10.6 Å². The summed E-state index contributed by atoms with van der Waals surface area (Å²) < 4.78 is 2.40. The maximum absolute atomic E-state index is 12.6. The van der Waals surface area contributed by atoms with Crippen LogP contribution in [0.15, 0.2) is 0 Å². The average molecular weight is 633 g/mol. The van der Waals surface area contributed by atoms with E-state index in [1.54, 1.807) is 0 Å². The van der Waals surface area contributed by atoms with Crippen molar-refractivity contribution in [2.75, 3.05) is 13.1 Å². The molecule has 1 aliphatic heterocycles. The fourth-order valence-electron chi connectivity index (χ4n) is 7.10. The van der Waals surface area contributed by atoms with Gasteiger partial charge in [-0.15, -0.1) is 0 Å². The third-order valence-corrected chi connectivity index (χ3v) is 10.1. The lowest BCUT2D eigenvalue weighted by molar-refractivity contribution is -0.558. The zero-order valence-electron chi connectivity index (χ0n) is 31.2. The van der Waals surface area contributed by atoms with E-state index in [1.807, 2.05) is 0 Å². The summed E-state index contributed by atoms with van der Waals surface area (Å²) in [5.41, 5.74) is 0. The first-order chi connectivity index (χ1) is 22.2. The number of unbranched alkanes of at least 4 members (excludes halogenated alkanes) is 29. The van der Waals surface area contributed by atoms with E-state index >= 15 is 0 Å². The zero-order chi connectivity index (χ0) is 32.5. The molecule has 0 aromatic heterocycles. The van der Waals surface area contributed by atoms with Gasteiger partial charge in [-0.2, -0.15) is 0 Å². The fraction of sp³-hybridized carbons (Fsp3) is 0.951. The number of carbonyl (C=O) groups is 1. The van der Waals surface area contributed by atoms with Crippen LogP contribution in [0.4, 0.5) is 0 Å². The van der Waals surface area contributed by atoms with Crippen molar-refractivity contribution in [3.05, 3.63) is 0 Å². The van der Waals surface area contributed by atoms with Crippen LogP contribution in [0.25, 0.3) is 0 Å². The third-order valence-electron chi connectivity index (χ3n) is 10.1. The smallest absolute Gasteiger partial charge is 0.246 e. The van der Waals surface area contributed by atoms with Crippen LogP contribution in [0.3, 0.4) is 0 Å². The number of rotatable bonds is 35. The summed E-state index contributed by atoms with van der Waals surface area (Å²) in [7, 11) is 0. The molecule has 0 spiro atoms. The van der Waals surface area contributed by atoms with Gasteiger partial charge in [0.25, 0.3) is 0 Å². The molecule has 1 amide bonds. The molecule has 45 heavy (non-hydrogen) atoms. The number of amides is 1. The van der Waals surface area contributed by atoms with Crippen molar-refractivity contribution in [2.24, 2.45) is 0 Å². The first-order valence-corrected chi connectivity index (χ1v) is 20.8.